The summed E-state index contributed by atoms with van der Waals surface area (Å²) in [5, 5.41) is 4.40. The lowest BCUT2D eigenvalue weighted by Gasteiger charge is -2.06. The highest BCUT2D eigenvalue weighted by Crippen LogP contribution is 2.24. The van der Waals surface area contributed by atoms with Crippen molar-refractivity contribution in [2.24, 2.45) is 0 Å². The average Bonchev–Trinajstić information content (AvgIpc) is 2.51. The number of imide groups is 1. The van der Waals surface area contributed by atoms with Gasteiger partial charge in [0, 0.05) is 22.7 Å². The molecule has 2 N–H and O–H groups in total. The van der Waals surface area contributed by atoms with Crippen LogP contribution in [-0.4, -0.2) is 38.2 Å². The molecule has 124 valence electrons. The van der Waals surface area contributed by atoms with Crippen molar-refractivity contribution in [3.63, 3.8) is 0 Å². The molecule has 0 radical (unpaired) electrons. The van der Waals surface area contributed by atoms with Gasteiger partial charge in [0.1, 0.15) is 5.75 Å². The maximum Gasteiger partial charge on any atom is 0.331 e. The summed E-state index contributed by atoms with van der Waals surface area (Å²) in [4.78, 5) is 34.0. The Labute approximate surface area is 142 Å². The van der Waals surface area contributed by atoms with Crippen LogP contribution >= 0.6 is 15.9 Å². The molecule has 0 aliphatic heterocycles. The van der Waals surface area contributed by atoms with Crippen LogP contribution in [0.4, 0.5) is 4.79 Å². The molecule has 0 aromatic heterocycles. The van der Waals surface area contributed by atoms with E-state index in [0.29, 0.717) is 17.9 Å². The molecular weight excluding hydrogens is 368 g/mol. The lowest BCUT2D eigenvalue weighted by molar-refractivity contribution is -0.143. The van der Waals surface area contributed by atoms with Crippen LogP contribution in [0.2, 0.25) is 0 Å². The Morgan fingerprint density at radius 3 is 2.70 bits per heavy atom. The molecule has 0 aliphatic rings. The molecule has 8 heteroatoms. The molecule has 0 heterocycles. The zero-order chi connectivity index (χ0) is 17.2. The van der Waals surface area contributed by atoms with E-state index >= 15 is 0 Å². The zero-order valence-electron chi connectivity index (χ0n) is 12.7. The Hall–Kier alpha value is -2.35. The van der Waals surface area contributed by atoms with Crippen molar-refractivity contribution in [2.45, 2.75) is 6.92 Å². The molecule has 1 aromatic carbocycles. The standard InChI is InChI=1S/C15H17BrN2O5/c1-3-17-15(21)18-13(19)9-23-14(20)7-4-10-8-11(16)5-6-12(10)22-2/h4-8H,3,9H2,1-2H3,(H2,17,18,19,21)/b7-4+. The van der Waals surface area contributed by atoms with Gasteiger partial charge in [-0.25, -0.2) is 9.59 Å². The SMILES string of the molecule is CCNC(=O)NC(=O)COC(=O)/C=C/c1cc(Br)ccc1OC. The zero-order valence-corrected chi connectivity index (χ0v) is 14.3. The number of ether oxygens (including phenoxy) is 2. The number of halogens is 1. The molecular formula is C15H17BrN2O5. The van der Waals surface area contributed by atoms with Gasteiger partial charge in [0.25, 0.3) is 5.91 Å². The van der Waals surface area contributed by atoms with E-state index in [1.54, 1.807) is 25.1 Å². The van der Waals surface area contributed by atoms with E-state index in [9.17, 15) is 14.4 Å². The molecule has 3 amide bonds. The molecule has 0 spiro atoms. The first-order valence-electron chi connectivity index (χ1n) is 6.72. The molecule has 0 aliphatic carbocycles. The molecule has 0 bridgehead atoms. The van der Waals surface area contributed by atoms with Gasteiger partial charge in [-0.1, -0.05) is 15.9 Å². The van der Waals surface area contributed by atoms with Gasteiger partial charge in [-0.2, -0.15) is 0 Å². The minimum absolute atomic E-state index is 0.385. The number of esters is 1. The van der Waals surface area contributed by atoms with Gasteiger partial charge < -0.3 is 14.8 Å². The maximum absolute atomic E-state index is 11.6. The quantitative estimate of drug-likeness (QED) is 0.576. The third-order valence-corrected chi connectivity index (χ3v) is 3.02. The molecule has 7 nitrogen and oxygen atoms in total. The highest BCUT2D eigenvalue weighted by atomic mass is 79.9. The second-order valence-corrected chi connectivity index (χ2v) is 5.15. The number of carbonyl (C=O) groups is 3. The number of hydrogen-bond donors (Lipinski definition) is 2. The Bertz CT molecular complexity index is 616. The van der Waals surface area contributed by atoms with Crippen LogP contribution in [0, 0.1) is 0 Å². The van der Waals surface area contributed by atoms with Crippen LogP contribution in [-0.2, 0) is 14.3 Å². The molecule has 23 heavy (non-hydrogen) atoms. The topological polar surface area (TPSA) is 93.7 Å². The highest BCUT2D eigenvalue weighted by molar-refractivity contribution is 9.10. The van der Waals surface area contributed by atoms with E-state index in [-0.39, 0.29) is 0 Å². The summed E-state index contributed by atoms with van der Waals surface area (Å²) < 4.78 is 10.7. The van der Waals surface area contributed by atoms with E-state index < -0.39 is 24.5 Å². The smallest absolute Gasteiger partial charge is 0.331 e. The summed E-state index contributed by atoms with van der Waals surface area (Å²) in [5.74, 6) is -0.831. The number of rotatable bonds is 6. The van der Waals surface area contributed by atoms with Gasteiger partial charge in [0.05, 0.1) is 7.11 Å². The van der Waals surface area contributed by atoms with Crippen molar-refractivity contribution in [1.82, 2.24) is 10.6 Å². The summed E-state index contributed by atoms with van der Waals surface area (Å²) in [6, 6.07) is 4.68. The van der Waals surface area contributed by atoms with Gasteiger partial charge in [0.2, 0.25) is 0 Å². The van der Waals surface area contributed by atoms with Crippen molar-refractivity contribution in [2.75, 3.05) is 20.3 Å². The molecule has 0 fully saturated rings. The molecule has 0 unspecified atom stereocenters. The van der Waals surface area contributed by atoms with Crippen LogP contribution in [0.15, 0.2) is 28.7 Å². The van der Waals surface area contributed by atoms with Gasteiger partial charge in [0.15, 0.2) is 6.61 Å². The monoisotopic (exact) mass is 384 g/mol. The van der Waals surface area contributed by atoms with Gasteiger partial charge in [-0.05, 0) is 31.2 Å². The first kappa shape index (κ1) is 18.7. The first-order chi connectivity index (χ1) is 11.0. The summed E-state index contributed by atoms with van der Waals surface area (Å²) in [5.41, 5.74) is 0.672. The fraction of sp³-hybridized carbons (Fsp3) is 0.267. The lowest BCUT2D eigenvalue weighted by atomic mass is 10.2. The fourth-order valence-corrected chi connectivity index (χ4v) is 1.92. The third kappa shape index (κ3) is 6.96. The fourth-order valence-electron chi connectivity index (χ4n) is 1.55. The lowest BCUT2D eigenvalue weighted by Crippen LogP contribution is -2.41. The average molecular weight is 385 g/mol. The number of benzene rings is 1. The van der Waals surface area contributed by atoms with Gasteiger partial charge in [-0.15, -0.1) is 0 Å². The van der Waals surface area contributed by atoms with Crippen LogP contribution < -0.4 is 15.4 Å². The van der Waals surface area contributed by atoms with Crippen molar-refractivity contribution < 1.29 is 23.9 Å². The maximum atomic E-state index is 11.6. The van der Waals surface area contributed by atoms with Crippen molar-refractivity contribution >= 4 is 39.9 Å². The van der Waals surface area contributed by atoms with Crippen LogP contribution in [0.3, 0.4) is 0 Å². The second-order valence-electron chi connectivity index (χ2n) is 4.23. The molecule has 0 saturated carbocycles. The van der Waals surface area contributed by atoms with Crippen molar-refractivity contribution in [3.05, 3.63) is 34.3 Å². The molecule has 1 rings (SSSR count). The number of carbonyl (C=O) groups excluding carboxylic acids is 3. The third-order valence-electron chi connectivity index (χ3n) is 2.53. The minimum atomic E-state index is -0.710. The van der Waals surface area contributed by atoms with E-state index in [4.69, 9.17) is 9.47 Å². The van der Waals surface area contributed by atoms with E-state index in [1.165, 1.54) is 19.3 Å². The van der Waals surface area contributed by atoms with Gasteiger partial charge >= 0.3 is 12.0 Å². The van der Waals surface area contributed by atoms with Gasteiger partial charge in [-0.3, -0.25) is 10.1 Å². The van der Waals surface area contributed by atoms with Crippen molar-refractivity contribution in [1.29, 1.82) is 0 Å². The summed E-state index contributed by atoms with van der Waals surface area (Å²) >= 11 is 3.32. The molecule has 0 atom stereocenters. The van der Waals surface area contributed by atoms with E-state index in [0.717, 1.165) is 4.47 Å². The Kier molecular flexibility index (Phi) is 7.82. The minimum Gasteiger partial charge on any atom is -0.496 e. The summed E-state index contributed by atoms with van der Waals surface area (Å²) in [6.07, 6.45) is 2.68. The number of urea groups is 1. The molecule has 1 aromatic rings. The Balaban J connectivity index is 2.52. The van der Waals surface area contributed by atoms with E-state index in [1.807, 2.05) is 5.32 Å². The van der Waals surface area contributed by atoms with Crippen LogP contribution in [0.5, 0.6) is 5.75 Å². The number of nitrogens with one attached hydrogen (secondary N) is 2. The highest BCUT2D eigenvalue weighted by Gasteiger charge is 2.09. The first-order valence-corrected chi connectivity index (χ1v) is 7.51. The number of methoxy groups -OCH3 is 1. The second kappa shape index (κ2) is 9.62. The normalized spacial score (nSPS) is 10.2. The van der Waals surface area contributed by atoms with Crippen LogP contribution in [0.1, 0.15) is 12.5 Å². The predicted molar refractivity (Wildman–Crippen MR) is 87.9 cm³/mol. The largest absolute Gasteiger partial charge is 0.496 e. The van der Waals surface area contributed by atoms with E-state index in [2.05, 4.69) is 21.2 Å². The number of hydrogen-bond acceptors (Lipinski definition) is 5. The Morgan fingerprint density at radius 1 is 1.30 bits per heavy atom. The molecule has 0 saturated heterocycles. The summed E-state index contributed by atoms with van der Waals surface area (Å²) in [7, 11) is 1.52. The van der Waals surface area contributed by atoms with Crippen molar-refractivity contribution in [3.8, 4) is 5.75 Å². The van der Waals surface area contributed by atoms with Crippen LogP contribution in [0.25, 0.3) is 6.08 Å². The number of amides is 3. The predicted octanol–water partition coefficient (Wildman–Crippen LogP) is 1.86. The summed E-state index contributed by atoms with van der Waals surface area (Å²) in [6.45, 7) is 1.55. The Morgan fingerprint density at radius 2 is 2.04 bits per heavy atom.